The Labute approximate surface area is 92.0 Å². The van der Waals surface area contributed by atoms with Crippen molar-refractivity contribution in [3.05, 3.63) is 70.2 Å². The highest BCUT2D eigenvalue weighted by atomic mass is 16.6. The first kappa shape index (κ1) is 10.2. The van der Waals surface area contributed by atoms with E-state index >= 15 is 0 Å². The molecule has 1 heterocycles. The van der Waals surface area contributed by atoms with Crippen LogP contribution >= 0.6 is 0 Å². The van der Waals surface area contributed by atoms with Gasteiger partial charge in [-0.25, -0.2) is 0 Å². The summed E-state index contributed by atoms with van der Waals surface area (Å²) >= 11 is 0. The van der Waals surface area contributed by atoms with Gasteiger partial charge in [0.05, 0.1) is 22.8 Å². The fourth-order valence-corrected chi connectivity index (χ4v) is 1.36. The average molecular weight is 215 g/mol. The van der Waals surface area contributed by atoms with E-state index < -0.39 is 4.92 Å². The number of benzene rings is 1. The first-order valence-electron chi connectivity index (χ1n) is 4.72. The van der Waals surface area contributed by atoms with E-state index in [9.17, 15) is 10.1 Å². The van der Waals surface area contributed by atoms with Crippen molar-refractivity contribution >= 4 is 11.8 Å². The first-order valence-corrected chi connectivity index (χ1v) is 4.72. The second-order valence-electron chi connectivity index (χ2n) is 3.17. The van der Waals surface area contributed by atoms with Gasteiger partial charge >= 0.3 is 0 Å². The van der Waals surface area contributed by atoms with E-state index in [1.165, 1.54) is 12.3 Å². The molecule has 0 saturated carbocycles. The number of furan rings is 1. The molecule has 0 aliphatic carbocycles. The molecule has 0 bridgehead atoms. The summed E-state index contributed by atoms with van der Waals surface area (Å²) < 4.78 is 5.05. The second-order valence-corrected chi connectivity index (χ2v) is 3.17. The summed E-state index contributed by atoms with van der Waals surface area (Å²) in [5.41, 5.74) is 0.583. The van der Waals surface area contributed by atoms with Crippen molar-refractivity contribution in [1.82, 2.24) is 0 Å². The van der Waals surface area contributed by atoms with Gasteiger partial charge in [0.15, 0.2) is 0 Å². The molecular formula is C12H9NO3. The van der Waals surface area contributed by atoms with Crippen LogP contribution in [-0.4, -0.2) is 4.92 Å². The summed E-state index contributed by atoms with van der Waals surface area (Å²) in [5, 5.41) is 10.9. The van der Waals surface area contributed by atoms with Crippen molar-refractivity contribution < 1.29 is 9.34 Å². The van der Waals surface area contributed by atoms with E-state index in [4.69, 9.17) is 4.42 Å². The Balaban J connectivity index is 2.43. The Morgan fingerprint density at radius 3 is 2.50 bits per heavy atom. The molecule has 0 fully saturated rings. The number of hydrogen-bond donors (Lipinski definition) is 0. The van der Waals surface area contributed by atoms with E-state index in [0.717, 1.165) is 0 Å². The molecule has 0 radical (unpaired) electrons. The van der Waals surface area contributed by atoms with E-state index in [2.05, 4.69) is 0 Å². The summed E-state index contributed by atoms with van der Waals surface area (Å²) in [7, 11) is 0. The van der Waals surface area contributed by atoms with Gasteiger partial charge in [0, 0.05) is 0 Å². The third-order valence-electron chi connectivity index (χ3n) is 2.09. The Morgan fingerprint density at radius 2 is 1.94 bits per heavy atom. The number of nitrogens with zero attached hydrogens (tertiary/aromatic N) is 1. The van der Waals surface area contributed by atoms with Crippen LogP contribution in [0.3, 0.4) is 0 Å². The highest BCUT2D eigenvalue weighted by Gasteiger charge is 2.14. The van der Waals surface area contributed by atoms with Crippen molar-refractivity contribution in [2.24, 2.45) is 0 Å². The highest BCUT2D eigenvalue weighted by Crippen LogP contribution is 2.18. The Bertz CT molecular complexity index is 500. The summed E-state index contributed by atoms with van der Waals surface area (Å²) in [6.07, 6.45) is 2.89. The van der Waals surface area contributed by atoms with Crippen LogP contribution in [0, 0.1) is 10.1 Å². The molecule has 80 valence electrons. The number of rotatable bonds is 3. The molecule has 2 aromatic rings. The minimum Gasteiger partial charge on any atom is -0.465 e. The molecule has 0 N–H and O–H groups in total. The third-order valence-corrected chi connectivity index (χ3v) is 2.09. The van der Waals surface area contributed by atoms with Gasteiger partial charge in [0.25, 0.3) is 5.70 Å². The minimum absolute atomic E-state index is 0.0237. The monoisotopic (exact) mass is 215 g/mol. The van der Waals surface area contributed by atoms with Crippen LogP contribution < -0.4 is 0 Å². The fraction of sp³-hybridized carbons (Fsp3) is 0. The largest absolute Gasteiger partial charge is 0.465 e. The van der Waals surface area contributed by atoms with Crippen LogP contribution in [-0.2, 0) is 0 Å². The molecule has 0 saturated heterocycles. The van der Waals surface area contributed by atoms with Gasteiger partial charge in [-0.2, -0.15) is 0 Å². The summed E-state index contributed by atoms with van der Waals surface area (Å²) in [6.45, 7) is 0. The number of hydrogen-bond acceptors (Lipinski definition) is 3. The molecule has 4 heteroatoms. The molecule has 0 spiro atoms. The topological polar surface area (TPSA) is 56.3 Å². The van der Waals surface area contributed by atoms with Crippen molar-refractivity contribution in [3.63, 3.8) is 0 Å². The Morgan fingerprint density at radius 1 is 1.19 bits per heavy atom. The molecule has 0 aliphatic rings. The molecule has 0 atom stereocenters. The van der Waals surface area contributed by atoms with Crippen LogP contribution in [0.5, 0.6) is 0 Å². The predicted molar refractivity (Wildman–Crippen MR) is 60.0 cm³/mol. The van der Waals surface area contributed by atoms with Gasteiger partial charge in [-0.05, 0) is 24.3 Å². The zero-order valence-electron chi connectivity index (χ0n) is 8.37. The van der Waals surface area contributed by atoms with Crippen LogP contribution in [0.4, 0.5) is 0 Å². The lowest BCUT2D eigenvalue weighted by Crippen LogP contribution is -1.97. The number of nitro groups is 1. The van der Waals surface area contributed by atoms with Gasteiger partial charge in [0.1, 0.15) is 5.76 Å². The third kappa shape index (κ3) is 2.17. The van der Waals surface area contributed by atoms with E-state index in [-0.39, 0.29) is 5.70 Å². The smallest absolute Gasteiger partial charge is 0.280 e. The van der Waals surface area contributed by atoms with Gasteiger partial charge in [0.2, 0.25) is 0 Å². The summed E-state index contributed by atoms with van der Waals surface area (Å²) in [6, 6.07) is 12.1. The SMILES string of the molecule is O=[N+]([O-])C(=Cc1ccco1)c1ccccc1. The summed E-state index contributed by atoms with van der Waals surface area (Å²) in [4.78, 5) is 10.5. The average Bonchev–Trinajstić information content (AvgIpc) is 2.79. The lowest BCUT2D eigenvalue weighted by molar-refractivity contribution is -0.374. The predicted octanol–water partition coefficient (Wildman–Crippen LogP) is 3.05. The molecule has 1 aromatic heterocycles. The zero-order chi connectivity index (χ0) is 11.4. The molecule has 0 aliphatic heterocycles. The quantitative estimate of drug-likeness (QED) is 0.584. The van der Waals surface area contributed by atoms with Gasteiger partial charge < -0.3 is 4.42 Å². The first-order chi connectivity index (χ1) is 7.77. The van der Waals surface area contributed by atoms with Crippen LogP contribution in [0.1, 0.15) is 11.3 Å². The van der Waals surface area contributed by atoms with Gasteiger partial charge in [-0.3, -0.25) is 10.1 Å². The maximum Gasteiger partial charge on any atom is 0.280 e. The van der Waals surface area contributed by atoms with Gasteiger partial charge in [-0.15, -0.1) is 0 Å². The molecular weight excluding hydrogens is 206 g/mol. The molecule has 0 amide bonds. The molecule has 1 aromatic carbocycles. The van der Waals surface area contributed by atoms with Crippen LogP contribution in [0.15, 0.2) is 53.1 Å². The van der Waals surface area contributed by atoms with Gasteiger partial charge in [-0.1, -0.05) is 18.2 Å². The van der Waals surface area contributed by atoms with E-state index in [0.29, 0.717) is 11.3 Å². The maximum absolute atomic E-state index is 10.9. The van der Waals surface area contributed by atoms with E-state index in [1.54, 1.807) is 36.4 Å². The van der Waals surface area contributed by atoms with E-state index in [1.807, 2.05) is 6.07 Å². The van der Waals surface area contributed by atoms with Crippen molar-refractivity contribution in [2.45, 2.75) is 0 Å². The highest BCUT2D eigenvalue weighted by molar-refractivity contribution is 5.74. The van der Waals surface area contributed by atoms with Crippen LogP contribution in [0.2, 0.25) is 0 Å². The lowest BCUT2D eigenvalue weighted by Gasteiger charge is -1.97. The van der Waals surface area contributed by atoms with Crippen molar-refractivity contribution in [1.29, 1.82) is 0 Å². The van der Waals surface area contributed by atoms with Crippen molar-refractivity contribution in [2.75, 3.05) is 0 Å². The second kappa shape index (κ2) is 4.44. The molecule has 0 unspecified atom stereocenters. The fourth-order valence-electron chi connectivity index (χ4n) is 1.36. The lowest BCUT2D eigenvalue weighted by atomic mass is 10.1. The molecule has 4 nitrogen and oxygen atoms in total. The minimum atomic E-state index is -0.419. The Kier molecular flexibility index (Phi) is 2.82. The van der Waals surface area contributed by atoms with Crippen LogP contribution in [0.25, 0.3) is 11.8 Å². The zero-order valence-corrected chi connectivity index (χ0v) is 8.37. The Hall–Kier alpha value is -2.36. The van der Waals surface area contributed by atoms with Crippen molar-refractivity contribution in [3.8, 4) is 0 Å². The molecule has 2 rings (SSSR count). The maximum atomic E-state index is 10.9. The summed E-state index contributed by atoms with van der Waals surface area (Å²) in [5.74, 6) is 0.468. The standard InChI is InChI=1S/C12H9NO3/c14-13(15)12(9-11-7-4-8-16-11)10-5-2-1-3-6-10/h1-9H. The normalized spacial score (nSPS) is 11.4. The molecule has 16 heavy (non-hydrogen) atoms.